The van der Waals surface area contributed by atoms with Crippen molar-refractivity contribution < 1.29 is 5.11 Å². The third kappa shape index (κ3) is 3.18. The average Bonchev–Trinajstić information content (AvgIpc) is 2.90. The van der Waals surface area contributed by atoms with Gasteiger partial charge in [0.25, 0.3) is 0 Å². The van der Waals surface area contributed by atoms with Gasteiger partial charge in [-0.3, -0.25) is 0 Å². The second-order valence-electron chi connectivity index (χ2n) is 5.75. The van der Waals surface area contributed by atoms with Crippen LogP contribution in [-0.4, -0.2) is 35.2 Å². The molecule has 0 amide bonds. The molecule has 0 aromatic heterocycles. The number of aliphatic hydroxyl groups is 1. The summed E-state index contributed by atoms with van der Waals surface area (Å²) in [5.41, 5.74) is 0. The molecular formula is C13H25NO. The van der Waals surface area contributed by atoms with Crippen molar-refractivity contribution in [1.82, 2.24) is 4.90 Å². The first-order chi connectivity index (χ1) is 7.16. The van der Waals surface area contributed by atoms with E-state index in [9.17, 15) is 5.11 Å². The molecular weight excluding hydrogens is 186 g/mol. The zero-order chi connectivity index (χ0) is 10.8. The summed E-state index contributed by atoms with van der Waals surface area (Å²) in [5, 5.41) is 9.84. The highest BCUT2D eigenvalue weighted by Gasteiger charge is 2.30. The van der Waals surface area contributed by atoms with Gasteiger partial charge in [0.1, 0.15) is 0 Å². The Morgan fingerprint density at radius 3 is 2.33 bits per heavy atom. The fourth-order valence-electron chi connectivity index (χ4n) is 2.66. The number of aliphatic hydroxyl groups excluding tert-OH is 1. The van der Waals surface area contributed by atoms with Crippen LogP contribution < -0.4 is 0 Å². The van der Waals surface area contributed by atoms with Gasteiger partial charge in [-0.15, -0.1) is 0 Å². The predicted molar refractivity (Wildman–Crippen MR) is 62.8 cm³/mol. The predicted octanol–water partition coefficient (Wildman–Crippen LogP) is 2.27. The van der Waals surface area contributed by atoms with Crippen molar-refractivity contribution in [2.45, 2.75) is 58.1 Å². The van der Waals surface area contributed by atoms with Gasteiger partial charge in [0, 0.05) is 19.1 Å². The van der Waals surface area contributed by atoms with E-state index in [1.807, 2.05) is 0 Å². The summed E-state index contributed by atoms with van der Waals surface area (Å²) in [6.07, 6.45) is 6.31. The number of nitrogens with zero attached hydrogens (tertiary/aromatic N) is 1. The molecule has 2 heteroatoms. The van der Waals surface area contributed by atoms with Gasteiger partial charge in [0.2, 0.25) is 0 Å². The molecule has 2 fully saturated rings. The molecule has 0 heterocycles. The van der Waals surface area contributed by atoms with E-state index >= 15 is 0 Å². The molecule has 2 unspecified atom stereocenters. The normalized spacial score (nSPS) is 31.8. The smallest absolute Gasteiger partial charge is 0.0580 e. The van der Waals surface area contributed by atoms with E-state index in [2.05, 4.69) is 18.7 Å². The molecule has 15 heavy (non-hydrogen) atoms. The van der Waals surface area contributed by atoms with Crippen LogP contribution in [0.5, 0.6) is 0 Å². The second-order valence-corrected chi connectivity index (χ2v) is 5.75. The molecule has 0 radical (unpaired) electrons. The summed E-state index contributed by atoms with van der Waals surface area (Å²) in [7, 11) is 0. The van der Waals surface area contributed by atoms with Gasteiger partial charge in [0.05, 0.1) is 6.10 Å². The van der Waals surface area contributed by atoms with Crippen LogP contribution in [0.4, 0.5) is 0 Å². The lowest BCUT2D eigenvalue weighted by atomic mass is 10.0. The second kappa shape index (κ2) is 4.84. The van der Waals surface area contributed by atoms with E-state index in [1.54, 1.807) is 0 Å². The van der Waals surface area contributed by atoms with Crippen LogP contribution in [0.1, 0.15) is 46.0 Å². The Morgan fingerprint density at radius 1 is 1.13 bits per heavy atom. The molecule has 0 aromatic rings. The summed E-state index contributed by atoms with van der Waals surface area (Å²) in [6, 6.07) is 0.637. The lowest BCUT2D eigenvalue weighted by Crippen LogP contribution is -2.38. The molecule has 2 rings (SSSR count). The Kier molecular flexibility index (Phi) is 3.68. The third-order valence-corrected chi connectivity index (χ3v) is 4.01. The topological polar surface area (TPSA) is 23.5 Å². The fourth-order valence-corrected chi connectivity index (χ4v) is 2.66. The van der Waals surface area contributed by atoms with Crippen LogP contribution in [0.15, 0.2) is 0 Å². The lowest BCUT2D eigenvalue weighted by Gasteiger charge is -2.30. The Bertz CT molecular complexity index is 201. The maximum atomic E-state index is 9.84. The first-order valence-electron chi connectivity index (χ1n) is 6.59. The summed E-state index contributed by atoms with van der Waals surface area (Å²) in [4.78, 5) is 2.58. The Morgan fingerprint density at radius 2 is 1.87 bits per heavy atom. The van der Waals surface area contributed by atoms with Crippen LogP contribution in [-0.2, 0) is 0 Å². The van der Waals surface area contributed by atoms with Gasteiger partial charge >= 0.3 is 0 Å². The van der Waals surface area contributed by atoms with Crippen molar-refractivity contribution in [2.75, 3.05) is 13.1 Å². The molecule has 0 aliphatic heterocycles. The van der Waals surface area contributed by atoms with Gasteiger partial charge in [0.15, 0.2) is 0 Å². The first-order valence-corrected chi connectivity index (χ1v) is 6.59. The van der Waals surface area contributed by atoms with Crippen molar-refractivity contribution >= 4 is 0 Å². The number of hydrogen-bond donors (Lipinski definition) is 1. The van der Waals surface area contributed by atoms with Gasteiger partial charge in [-0.25, -0.2) is 0 Å². The molecule has 88 valence electrons. The Labute approximate surface area is 93.7 Å². The maximum absolute atomic E-state index is 9.84. The quantitative estimate of drug-likeness (QED) is 0.754. The molecule has 2 nitrogen and oxygen atoms in total. The first kappa shape index (κ1) is 11.4. The average molecular weight is 211 g/mol. The molecule has 0 bridgehead atoms. The van der Waals surface area contributed by atoms with Crippen molar-refractivity contribution in [3.63, 3.8) is 0 Å². The minimum Gasteiger partial charge on any atom is -0.393 e. The van der Waals surface area contributed by atoms with E-state index < -0.39 is 0 Å². The largest absolute Gasteiger partial charge is 0.393 e. The third-order valence-electron chi connectivity index (χ3n) is 4.01. The lowest BCUT2D eigenvalue weighted by molar-refractivity contribution is 0.0889. The Hall–Kier alpha value is -0.0800. The summed E-state index contributed by atoms with van der Waals surface area (Å²) >= 11 is 0. The highest BCUT2D eigenvalue weighted by atomic mass is 16.3. The van der Waals surface area contributed by atoms with E-state index in [0.29, 0.717) is 12.0 Å². The van der Waals surface area contributed by atoms with Crippen LogP contribution in [0.25, 0.3) is 0 Å². The van der Waals surface area contributed by atoms with Crippen molar-refractivity contribution in [1.29, 1.82) is 0 Å². The number of rotatable bonds is 5. The van der Waals surface area contributed by atoms with Gasteiger partial charge in [-0.05, 0) is 51.4 Å². The maximum Gasteiger partial charge on any atom is 0.0580 e. The van der Waals surface area contributed by atoms with E-state index in [4.69, 9.17) is 0 Å². The molecule has 2 saturated carbocycles. The van der Waals surface area contributed by atoms with Crippen molar-refractivity contribution in [3.8, 4) is 0 Å². The van der Waals surface area contributed by atoms with Crippen LogP contribution in [0.2, 0.25) is 0 Å². The number of hydrogen-bond acceptors (Lipinski definition) is 2. The monoisotopic (exact) mass is 211 g/mol. The zero-order valence-corrected chi connectivity index (χ0v) is 10.2. The minimum absolute atomic E-state index is 0.0227. The van der Waals surface area contributed by atoms with Crippen LogP contribution in [0.3, 0.4) is 0 Å². The highest BCUT2D eigenvalue weighted by molar-refractivity contribution is 4.84. The summed E-state index contributed by atoms with van der Waals surface area (Å²) < 4.78 is 0. The molecule has 0 aromatic carbocycles. The molecule has 0 saturated heterocycles. The Balaban J connectivity index is 1.81. The molecule has 2 aliphatic rings. The van der Waals surface area contributed by atoms with Gasteiger partial charge < -0.3 is 10.0 Å². The SMILES string of the molecule is CC(C)N(CC1CC1)CC1CCCC1O. The van der Waals surface area contributed by atoms with Crippen LogP contribution in [0, 0.1) is 11.8 Å². The van der Waals surface area contributed by atoms with Crippen molar-refractivity contribution in [3.05, 3.63) is 0 Å². The standard InChI is InChI=1S/C13H25NO/c1-10(2)14(8-11-6-7-11)9-12-4-3-5-13(12)15/h10-13,15H,3-9H2,1-2H3. The van der Waals surface area contributed by atoms with E-state index in [-0.39, 0.29) is 6.10 Å². The van der Waals surface area contributed by atoms with Crippen LogP contribution >= 0.6 is 0 Å². The summed E-state index contributed by atoms with van der Waals surface area (Å²) in [6.45, 7) is 6.95. The molecule has 2 aliphatic carbocycles. The van der Waals surface area contributed by atoms with Gasteiger partial charge in [-0.2, -0.15) is 0 Å². The zero-order valence-electron chi connectivity index (χ0n) is 10.2. The van der Waals surface area contributed by atoms with E-state index in [1.165, 1.54) is 32.2 Å². The molecule has 2 atom stereocenters. The van der Waals surface area contributed by atoms with Crippen molar-refractivity contribution in [2.24, 2.45) is 11.8 Å². The van der Waals surface area contributed by atoms with Gasteiger partial charge in [-0.1, -0.05) is 6.42 Å². The fraction of sp³-hybridized carbons (Fsp3) is 1.00. The molecule has 0 spiro atoms. The molecule has 1 N–H and O–H groups in total. The van der Waals surface area contributed by atoms with E-state index in [0.717, 1.165) is 18.9 Å². The highest BCUT2D eigenvalue weighted by Crippen LogP contribution is 2.32. The summed E-state index contributed by atoms with van der Waals surface area (Å²) in [5.74, 6) is 1.51. The minimum atomic E-state index is -0.0227.